The quantitative estimate of drug-likeness (QED) is 0.190. The lowest BCUT2D eigenvalue weighted by Gasteiger charge is -2.24. The van der Waals surface area contributed by atoms with Crippen molar-refractivity contribution in [2.45, 2.75) is 69.2 Å². The zero-order chi connectivity index (χ0) is 28.3. The summed E-state index contributed by atoms with van der Waals surface area (Å²) in [4.78, 5) is 14.0. The van der Waals surface area contributed by atoms with Gasteiger partial charge in [-0.05, 0) is 31.2 Å². The topological polar surface area (TPSA) is 173 Å². The first-order chi connectivity index (χ1) is 20.0. The molecule has 5 N–H and O–H groups in total. The molecule has 0 bridgehead atoms. The van der Waals surface area contributed by atoms with Crippen LogP contribution in [0, 0.1) is 0 Å². The minimum absolute atomic E-state index is 0.131. The first kappa shape index (κ1) is 27.5. The summed E-state index contributed by atoms with van der Waals surface area (Å²) < 4.78 is 18.6. The lowest BCUT2D eigenvalue weighted by atomic mass is 10.1. The smallest absolute Gasteiger partial charge is 0.227 e. The van der Waals surface area contributed by atoms with Gasteiger partial charge in [0.1, 0.15) is 18.3 Å². The second kappa shape index (κ2) is 12.1. The maximum absolute atomic E-state index is 11.0. The van der Waals surface area contributed by atoms with E-state index in [1.807, 2.05) is 37.3 Å². The van der Waals surface area contributed by atoms with Crippen molar-refractivity contribution < 1.29 is 29.3 Å². The Morgan fingerprint density at radius 3 is 2.63 bits per heavy atom. The number of nitrogens with zero attached hydrogens (tertiary/aromatic N) is 5. The average Bonchev–Trinajstić information content (AvgIpc) is 3.72. The highest BCUT2D eigenvalue weighted by molar-refractivity contribution is 5.84. The molecule has 0 spiro atoms. The Morgan fingerprint density at radius 1 is 1.10 bits per heavy atom. The lowest BCUT2D eigenvalue weighted by Crippen LogP contribution is -2.30. The maximum Gasteiger partial charge on any atom is 0.227 e. The Bertz CT molecular complexity index is 1440. The van der Waals surface area contributed by atoms with E-state index >= 15 is 0 Å². The molecular formula is C28H35N7O6. The highest BCUT2D eigenvalue weighted by atomic mass is 16.6. The van der Waals surface area contributed by atoms with Crippen LogP contribution in [0.2, 0.25) is 0 Å². The molecule has 41 heavy (non-hydrogen) atoms. The monoisotopic (exact) mass is 565 g/mol. The molecule has 13 heteroatoms. The van der Waals surface area contributed by atoms with Gasteiger partial charge in [-0.15, -0.1) is 0 Å². The molecule has 1 aromatic carbocycles. The van der Waals surface area contributed by atoms with Gasteiger partial charge in [-0.2, -0.15) is 9.97 Å². The molecule has 2 aliphatic rings. The van der Waals surface area contributed by atoms with Crippen molar-refractivity contribution >= 4 is 22.9 Å². The minimum Gasteiger partial charge on any atom is -0.394 e. The number of aryl methyl sites for hydroxylation is 1. The van der Waals surface area contributed by atoms with Crippen LogP contribution in [-0.2, 0) is 22.3 Å². The van der Waals surface area contributed by atoms with Gasteiger partial charge < -0.3 is 39.9 Å². The molecule has 5 heterocycles. The summed E-state index contributed by atoms with van der Waals surface area (Å²) in [6, 6.07) is 11.4. The van der Waals surface area contributed by atoms with Crippen molar-refractivity contribution in [3.8, 4) is 0 Å². The van der Waals surface area contributed by atoms with Crippen LogP contribution in [0.3, 0.4) is 0 Å². The highest BCUT2D eigenvalue weighted by Crippen LogP contribution is 2.40. The van der Waals surface area contributed by atoms with Crippen molar-refractivity contribution in [1.29, 1.82) is 0 Å². The van der Waals surface area contributed by atoms with Gasteiger partial charge in [-0.1, -0.05) is 42.4 Å². The van der Waals surface area contributed by atoms with Gasteiger partial charge >= 0.3 is 0 Å². The summed E-state index contributed by atoms with van der Waals surface area (Å²) >= 11 is 0. The van der Waals surface area contributed by atoms with Gasteiger partial charge in [-0.25, -0.2) is 4.98 Å². The van der Waals surface area contributed by atoms with E-state index in [-0.39, 0.29) is 24.6 Å². The predicted molar refractivity (Wildman–Crippen MR) is 148 cm³/mol. The first-order valence-corrected chi connectivity index (χ1v) is 14.0. The number of anilines is 2. The molecule has 13 nitrogen and oxygen atoms in total. The summed E-state index contributed by atoms with van der Waals surface area (Å²) in [5.41, 5.74) is 2.68. The highest BCUT2D eigenvalue weighted by Gasteiger charge is 2.47. The number of aliphatic hydroxyl groups is 3. The van der Waals surface area contributed by atoms with Crippen LogP contribution in [0.15, 0.2) is 47.2 Å². The summed E-state index contributed by atoms with van der Waals surface area (Å²) in [6.45, 7) is 3.12. The molecule has 0 amide bonds. The van der Waals surface area contributed by atoms with E-state index in [1.54, 1.807) is 10.6 Å². The molecule has 2 saturated heterocycles. The molecule has 2 fully saturated rings. The van der Waals surface area contributed by atoms with Crippen molar-refractivity contribution in [1.82, 2.24) is 24.7 Å². The fourth-order valence-electron chi connectivity index (χ4n) is 5.30. The molecule has 4 aromatic rings. The van der Waals surface area contributed by atoms with Gasteiger partial charge in [0.05, 0.1) is 24.7 Å². The van der Waals surface area contributed by atoms with Crippen LogP contribution < -0.4 is 10.6 Å². The van der Waals surface area contributed by atoms with Crippen molar-refractivity contribution in [3.05, 3.63) is 59.7 Å². The molecule has 0 saturated carbocycles. The van der Waals surface area contributed by atoms with E-state index in [4.69, 9.17) is 24.0 Å². The molecule has 5 unspecified atom stereocenters. The van der Waals surface area contributed by atoms with Crippen LogP contribution in [0.4, 0.5) is 11.8 Å². The number of imidazole rings is 1. The van der Waals surface area contributed by atoms with Crippen molar-refractivity contribution in [2.24, 2.45) is 0 Å². The van der Waals surface area contributed by atoms with Crippen LogP contribution in [-0.4, -0.2) is 84.1 Å². The molecule has 3 aromatic heterocycles. The zero-order valence-corrected chi connectivity index (χ0v) is 22.8. The molecule has 6 rings (SSSR count). The van der Waals surface area contributed by atoms with Crippen LogP contribution in [0.5, 0.6) is 0 Å². The normalized spacial score (nSPS) is 24.1. The maximum atomic E-state index is 11.0. The summed E-state index contributed by atoms with van der Waals surface area (Å²) in [7, 11) is 0. The van der Waals surface area contributed by atoms with Crippen LogP contribution in [0.25, 0.3) is 11.2 Å². The Labute approximate surface area is 236 Å². The molecule has 2 aliphatic heterocycles. The summed E-state index contributed by atoms with van der Waals surface area (Å²) in [5, 5.41) is 42.8. The number of nitrogens with one attached hydrogen (secondary N) is 2. The Balaban J connectivity index is 1.33. The predicted octanol–water partition coefficient (Wildman–Crippen LogP) is 1.97. The Morgan fingerprint density at radius 2 is 1.90 bits per heavy atom. The number of rotatable bonds is 10. The van der Waals surface area contributed by atoms with Crippen molar-refractivity contribution in [2.75, 3.05) is 30.5 Å². The second-order valence-electron chi connectivity index (χ2n) is 10.5. The average molecular weight is 566 g/mol. The summed E-state index contributed by atoms with van der Waals surface area (Å²) in [5.74, 6) is 1.15. The molecule has 218 valence electrons. The number of hydrogen-bond acceptors (Lipinski definition) is 12. The molecule has 5 atom stereocenters. The van der Waals surface area contributed by atoms with Gasteiger partial charge in [0, 0.05) is 25.3 Å². The fourth-order valence-corrected chi connectivity index (χ4v) is 5.30. The van der Waals surface area contributed by atoms with Crippen LogP contribution in [0.1, 0.15) is 49.1 Å². The number of ether oxygens (including phenoxy) is 2. The Kier molecular flexibility index (Phi) is 8.12. The molecule has 0 aliphatic carbocycles. The minimum atomic E-state index is -1.28. The van der Waals surface area contributed by atoms with E-state index in [1.165, 1.54) is 6.33 Å². The number of aromatic nitrogens is 5. The zero-order valence-electron chi connectivity index (χ0n) is 22.8. The van der Waals surface area contributed by atoms with E-state index < -0.39 is 24.5 Å². The number of fused-ring (bicyclic) bond motifs is 1. The van der Waals surface area contributed by atoms with Gasteiger partial charge in [-0.3, -0.25) is 4.57 Å². The third kappa shape index (κ3) is 5.76. The van der Waals surface area contributed by atoms with E-state index in [2.05, 4.69) is 20.8 Å². The third-order valence-electron chi connectivity index (χ3n) is 7.59. The lowest BCUT2D eigenvalue weighted by molar-refractivity contribution is -0.0434. The van der Waals surface area contributed by atoms with E-state index in [0.717, 1.165) is 24.1 Å². The van der Waals surface area contributed by atoms with Crippen LogP contribution >= 0.6 is 0 Å². The van der Waals surface area contributed by atoms with Gasteiger partial charge in [0.25, 0.3) is 0 Å². The largest absolute Gasteiger partial charge is 0.394 e. The molecular weight excluding hydrogens is 530 g/mol. The number of benzene rings is 1. The van der Waals surface area contributed by atoms with Gasteiger partial charge in [0.15, 0.2) is 29.0 Å². The fraction of sp³-hybridized carbons (Fsp3) is 0.500. The standard InChI is InChI=1S/C28H35N7O6/c1-2-17-13-20(41-34-17)24-22(37)23(38)27(40-24)35-15-29-21-25(30-18-8-10-39-11-9-18)32-28(33-26(21)35)31-19(14-36)12-16-6-4-3-5-7-16/h3-7,13,15,18-19,22-24,27,36-38H,2,8-12,14H2,1H3,(H2,30,31,32,33). The number of aliphatic hydroxyl groups excluding tert-OH is 3. The van der Waals surface area contributed by atoms with Gasteiger partial charge in [0.2, 0.25) is 5.95 Å². The number of hydrogen-bond donors (Lipinski definition) is 5. The van der Waals surface area contributed by atoms with E-state index in [9.17, 15) is 15.3 Å². The summed E-state index contributed by atoms with van der Waals surface area (Å²) in [6.07, 6.45) is -0.0550. The van der Waals surface area contributed by atoms with E-state index in [0.29, 0.717) is 48.8 Å². The van der Waals surface area contributed by atoms with Crippen molar-refractivity contribution in [3.63, 3.8) is 0 Å². The molecule has 0 radical (unpaired) electrons. The Hall–Kier alpha value is -3.62. The first-order valence-electron chi connectivity index (χ1n) is 14.0. The third-order valence-corrected chi connectivity index (χ3v) is 7.59. The second-order valence-corrected chi connectivity index (χ2v) is 10.5. The SMILES string of the molecule is CCc1cc(C2OC(n3cnc4c(NC5CCOCC5)nc(NC(CO)Cc5ccccc5)nc43)C(O)C2O)on1.